The van der Waals surface area contributed by atoms with Crippen LogP contribution in [0.25, 0.3) is 0 Å². The number of carbonyl (C=O) groups excluding carboxylic acids is 2. The van der Waals surface area contributed by atoms with E-state index in [0.29, 0.717) is 47.3 Å². The second-order valence-corrected chi connectivity index (χ2v) is 6.98. The van der Waals surface area contributed by atoms with E-state index in [-0.39, 0.29) is 5.91 Å². The molecule has 0 unspecified atom stereocenters. The summed E-state index contributed by atoms with van der Waals surface area (Å²) in [6.07, 6.45) is 0. The third-order valence-electron chi connectivity index (χ3n) is 4.52. The smallest absolute Gasteiger partial charge is 0.323 e. The quantitative estimate of drug-likeness (QED) is 0.426. The highest BCUT2D eigenvalue weighted by Crippen LogP contribution is 2.37. The normalized spacial score (nSPS) is 10.2. The van der Waals surface area contributed by atoms with Crippen LogP contribution in [0.2, 0.25) is 0 Å². The predicted octanol–water partition coefficient (Wildman–Crippen LogP) is 5.69. The zero-order valence-corrected chi connectivity index (χ0v) is 18.4. The Morgan fingerprint density at radius 1 is 0.750 bits per heavy atom. The van der Waals surface area contributed by atoms with Crippen molar-refractivity contribution in [3.8, 4) is 11.5 Å². The van der Waals surface area contributed by atoms with Gasteiger partial charge in [-0.25, -0.2) is 4.79 Å². The SMILES string of the molecule is CCOc1cc(NC(=O)c2ccccc2)c(OCC)cc1NC(=O)Nc1ccc(C)cc1. The van der Waals surface area contributed by atoms with Gasteiger partial charge in [0.1, 0.15) is 11.5 Å². The molecule has 0 fully saturated rings. The standard InChI is InChI=1S/C25H27N3O4/c1-4-31-22-16-21(28-25(30)26-19-13-11-17(3)12-14-19)23(32-5-2)15-20(22)27-24(29)18-9-7-6-8-10-18/h6-16H,4-5H2,1-3H3,(H,27,29)(H2,26,28,30). The summed E-state index contributed by atoms with van der Waals surface area (Å²) in [5.41, 5.74) is 3.17. The number of benzene rings is 3. The van der Waals surface area contributed by atoms with Gasteiger partial charge < -0.3 is 25.4 Å². The van der Waals surface area contributed by atoms with Crippen molar-refractivity contribution in [2.45, 2.75) is 20.8 Å². The zero-order chi connectivity index (χ0) is 22.9. The summed E-state index contributed by atoms with van der Waals surface area (Å²) in [7, 11) is 0. The Labute approximate surface area is 187 Å². The van der Waals surface area contributed by atoms with E-state index >= 15 is 0 Å². The molecule has 0 saturated heterocycles. The lowest BCUT2D eigenvalue weighted by molar-refractivity contribution is 0.102. The first-order chi connectivity index (χ1) is 15.5. The molecule has 7 nitrogen and oxygen atoms in total. The first kappa shape index (κ1) is 22.7. The third-order valence-corrected chi connectivity index (χ3v) is 4.52. The molecule has 7 heteroatoms. The number of amides is 3. The number of ether oxygens (including phenoxy) is 2. The molecule has 0 spiro atoms. The van der Waals surface area contributed by atoms with E-state index < -0.39 is 6.03 Å². The molecule has 0 radical (unpaired) electrons. The van der Waals surface area contributed by atoms with Crippen LogP contribution in [0.5, 0.6) is 11.5 Å². The molecule has 0 aliphatic carbocycles. The van der Waals surface area contributed by atoms with Crippen molar-refractivity contribution >= 4 is 29.0 Å². The van der Waals surface area contributed by atoms with Crippen molar-refractivity contribution in [2.75, 3.05) is 29.2 Å². The van der Waals surface area contributed by atoms with Crippen molar-refractivity contribution < 1.29 is 19.1 Å². The first-order valence-corrected chi connectivity index (χ1v) is 10.4. The number of urea groups is 1. The highest BCUT2D eigenvalue weighted by molar-refractivity contribution is 6.06. The average Bonchev–Trinajstić information content (AvgIpc) is 2.79. The van der Waals surface area contributed by atoms with Crippen molar-refractivity contribution in [2.24, 2.45) is 0 Å². The van der Waals surface area contributed by atoms with E-state index in [1.54, 1.807) is 36.4 Å². The molecule has 166 valence electrons. The molecular formula is C25H27N3O4. The zero-order valence-electron chi connectivity index (χ0n) is 18.4. The topological polar surface area (TPSA) is 88.7 Å². The molecule has 3 amide bonds. The summed E-state index contributed by atoms with van der Waals surface area (Å²) < 4.78 is 11.4. The number of anilines is 3. The van der Waals surface area contributed by atoms with Crippen LogP contribution in [0.4, 0.5) is 21.9 Å². The maximum Gasteiger partial charge on any atom is 0.323 e. The van der Waals surface area contributed by atoms with Gasteiger partial charge in [0.25, 0.3) is 5.91 Å². The van der Waals surface area contributed by atoms with Gasteiger partial charge in [0.15, 0.2) is 0 Å². The van der Waals surface area contributed by atoms with Gasteiger partial charge in [-0.3, -0.25) is 4.79 Å². The molecule has 0 heterocycles. The summed E-state index contributed by atoms with van der Waals surface area (Å²) in [6.45, 7) is 6.43. The number of hydrogen-bond acceptors (Lipinski definition) is 4. The lowest BCUT2D eigenvalue weighted by Crippen LogP contribution is -2.20. The molecule has 0 bridgehead atoms. The van der Waals surface area contributed by atoms with E-state index in [1.165, 1.54) is 0 Å². The Hall–Kier alpha value is -4.00. The van der Waals surface area contributed by atoms with Crippen LogP contribution in [0, 0.1) is 6.92 Å². The van der Waals surface area contributed by atoms with Crippen molar-refractivity contribution in [3.05, 3.63) is 77.9 Å². The third kappa shape index (κ3) is 6.01. The Bertz CT molecular complexity index is 1070. The highest BCUT2D eigenvalue weighted by atomic mass is 16.5. The monoisotopic (exact) mass is 433 g/mol. The van der Waals surface area contributed by atoms with Gasteiger partial charge in [-0.2, -0.15) is 0 Å². The van der Waals surface area contributed by atoms with Crippen molar-refractivity contribution in [1.29, 1.82) is 0 Å². The number of carbonyl (C=O) groups is 2. The predicted molar refractivity (Wildman–Crippen MR) is 127 cm³/mol. The minimum absolute atomic E-state index is 0.271. The molecule has 0 saturated carbocycles. The number of aryl methyl sites for hydroxylation is 1. The van der Waals surface area contributed by atoms with E-state index in [2.05, 4.69) is 16.0 Å². The maximum atomic E-state index is 12.6. The van der Waals surface area contributed by atoms with Crippen LogP contribution < -0.4 is 25.4 Å². The van der Waals surface area contributed by atoms with E-state index in [0.717, 1.165) is 5.56 Å². The lowest BCUT2D eigenvalue weighted by Gasteiger charge is -2.18. The Morgan fingerprint density at radius 2 is 1.31 bits per heavy atom. The van der Waals surface area contributed by atoms with Crippen LogP contribution in [-0.2, 0) is 0 Å². The average molecular weight is 434 g/mol. The Kier molecular flexibility index (Phi) is 7.70. The number of nitrogens with one attached hydrogen (secondary N) is 3. The lowest BCUT2D eigenvalue weighted by atomic mass is 10.2. The summed E-state index contributed by atoms with van der Waals surface area (Å²) in [6, 6.07) is 19.2. The van der Waals surface area contributed by atoms with E-state index in [4.69, 9.17) is 9.47 Å². The number of hydrogen-bond donors (Lipinski definition) is 3. The fourth-order valence-corrected chi connectivity index (χ4v) is 3.01. The van der Waals surface area contributed by atoms with Crippen LogP contribution in [-0.4, -0.2) is 25.2 Å². The highest BCUT2D eigenvalue weighted by Gasteiger charge is 2.17. The van der Waals surface area contributed by atoms with Crippen molar-refractivity contribution in [1.82, 2.24) is 0 Å². The minimum atomic E-state index is -0.418. The fraction of sp³-hybridized carbons (Fsp3) is 0.200. The number of rotatable bonds is 8. The molecule has 3 rings (SSSR count). The molecule has 0 aromatic heterocycles. The summed E-state index contributed by atoms with van der Waals surface area (Å²) >= 11 is 0. The maximum absolute atomic E-state index is 12.6. The van der Waals surface area contributed by atoms with Crippen LogP contribution >= 0.6 is 0 Å². The van der Waals surface area contributed by atoms with Crippen molar-refractivity contribution in [3.63, 3.8) is 0 Å². The van der Waals surface area contributed by atoms with Gasteiger partial charge in [0, 0.05) is 23.4 Å². The summed E-state index contributed by atoms with van der Waals surface area (Å²) in [5.74, 6) is 0.566. The van der Waals surface area contributed by atoms with Gasteiger partial charge >= 0.3 is 6.03 Å². The first-order valence-electron chi connectivity index (χ1n) is 10.4. The van der Waals surface area contributed by atoms with Gasteiger partial charge in [0.05, 0.1) is 24.6 Å². The molecule has 0 aliphatic rings. The van der Waals surface area contributed by atoms with Crippen LogP contribution in [0.1, 0.15) is 29.8 Å². The minimum Gasteiger partial charge on any atom is -0.492 e. The molecule has 32 heavy (non-hydrogen) atoms. The second-order valence-electron chi connectivity index (χ2n) is 6.98. The molecular weight excluding hydrogens is 406 g/mol. The molecule has 3 N–H and O–H groups in total. The molecule has 0 atom stereocenters. The molecule has 0 aliphatic heterocycles. The summed E-state index contributed by atoms with van der Waals surface area (Å²) in [5, 5.41) is 8.46. The van der Waals surface area contributed by atoms with E-state index in [9.17, 15) is 9.59 Å². The Morgan fingerprint density at radius 3 is 1.88 bits per heavy atom. The van der Waals surface area contributed by atoms with Gasteiger partial charge in [-0.1, -0.05) is 35.9 Å². The molecule has 3 aromatic rings. The van der Waals surface area contributed by atoms with Gasteiger partial charge in [-0.15, -0.1) is 0 Å². The van der Waals surface area contributed by atoms with Gasteiger partial charge in [0.2, 0.25) is 0 Å². The van der Waals surface area contributed by atoms with Crippen LogP contribution in [0.15, 0.2) is 66.7 Å². The summed E-state index contributed by atoms with van der Waals surface area (Å²) in [4.78, 5) is 25.2. The largest absolute Gasteiger partial charge is 0.492 e. The Balaban J connectivity index is 1.85. The second kappa shape index (κ2) is 10.9. The van der Waals surface area contributed by atoms with Crippen LogP contribution in [0.3, 0.4) is 0 Å². The molecule has 3 aromatic carbocycles. The fourth-order valence-electron chi connectivity index (χ4n) is 3.01. The van der Waals surface area contributed by atoms with E-state index in [1.807, 2.05) is 51.1 Å². The van der Waals surface area contributed by atoms with Gasteiger partial charge in [-0.05, 0) is 45.0 Å².